The quantitative estimate of drug-likeness (QED) is 0.618. The van der Waals surface area contributed by atoms with E-state index < -0.39 is 12.1 Å². The summed E-state index contributed by atoms with van der Waals surface area (Å²) in [6.45, 7) is 5.97. The molecule has 2 aromatic rings. The van der Waals surface area contributed by atoms with E-state index in [1.165, 1.54) is 0 Å². The van der Waals surface area contributed by atoms with Gasteiger partial charge in [-0.15, -0.1) is 0 Å². The second kappa shape index (κ2) is 11.1. The highest BCUT2D eigenvalue weighted by atomic mass is 16.5. The van der Waals surface area contributed by atoms with Crippen LogP contribution in [0.1, 0.15) is 38.3 Å². The van der Waals surface area contributed by atoms with E-state index in [2.05, 4.69) is 10.6 Å². The summed E-state index contributed by atoms with van der Waals surface area (Å²) in [4.78, 5) is 36.4. The molecule has 2 aromatic carbocycles. The van der Waals surface area contributed by atoms with Crippen LogP contribution in [0.4, 0.5) is 4.79 Å². The summed E-state index contributed by atoms with van der Waals surface area (Å²) >= 11 is 0. The third-order valence-electron chi connectivity index (χ3n) is 4.80. The summed E-state index contributed by atoms with van der Waals surface area (Å²) < 4.78 is 5.28. The van der Waals surface area contributed by atoms with Crippen molar-refractivity contribution in [2.75, 3.05) is 0 Å². The standard InChI is InChI=1S/C24H30N2O4/c1-24(2,3)21(14-15-27)26-22(28)20(16-18-10-6-4-7-11-18)25-23(29)30-17-19-12-8-5-9-13-19/h4-13,15,20-21H,14,16-17H2,1-3H3,(H,25,29)(H,26,28)/t20-,21+/m0/s1. The number of ether oxygens (including phenoxy) is 1. The molecule has 0 heterocycles. The van der Waals surface area contributed by atoms with Gasteiger partial charge < -0.3 is 20.2 Å². The van der Waals surface area contributed by atoms with Crippen LogP contribution in [0.15, 0.2) is 60.7 Å². The van der Waals surface area contributed by atoms with Crippen molar-refractivity contribution in [2.24, 2.45) is 5.41 Å². The van der Waals surface area contributed by atoms with Gasteiger partial charge in [-0.05, 0) is 16.5 Å². The van der Waals surface area contributed by atoms with Gasteiger partial charge in [0.25, 0.3) is 0 Å². The first-order valence-electron chi connectivity index (χ1n) is 10.0. The van der Waals surface area contributed by atoms with E-state index in [9.17, 15) is 14.4 Å². The molecule has 0 saturated heterocycles. The van der Waals surface area contributed by atoms with Crippen LogP contribution in [-0.4, -0.2) is 30.4 Å². The van der Waals surface area contributed by atoms with Crippen LogP contribution in [0.25, 0.3) is 0 Å². The first-order valence-corrected chi connectivity index (χ1v) is 10.0. The Bertz CT molecular complexity index is 816. The van der Waals surface area contributed by atoms with Crippen molar-refractivity contribution in [1.29, 1.82) is 0 Å². The maximum atomic E-state index is 13.0. The Hall–Kier alpha value is -3.15. The highest BCUT2D eigenvalue weighted by Crippen LogP contribution is 2.21. The van der Waals surface area contributed by atoms with Gasteiger partial charge >= 0.3 is 6.09 Å². The van der Waals surface area contributed by atoms with E-state index >= 15 is 0 Å². The molecular weight excluding hydrogens is 380 g/mol. The number of aldehydes is 1. The molecule has 0 spiro atoms. The highest BCUT2D eigenvalue weighted by molar-refractivity contribution is 5.86. The van der Waals surface area contributed by atoms with Gasteiger partial charge in [-0.25, -0.2) is 4.79 Å². The number of hydrogen-bond acceptors (Lipinski definition) is 4. The fourth-order valence-corrected chi connectivity index (χ4v) is 2.96. The maximum absolute atomic E-state index is 13.0. The summed E-state index contributed by atoms with van der Waals surface area (Å²) in [5.41, 5.74) is 1.46. The van der Waals surface area contributed by atoms with Crippen molar-refractivity contribution >= 4 is 18.3 Å². The first-order chi connectivity index (χ1) is 14.3. The van der Waals surface area contributed by atoms with Crippen molar-refractivity contribution in [3.05, 3.63) is 71.8 Å². The predicted octanol–water partition coefficient (Wildman–Crippen LogP) is 3.64. The molecule has 0 aliphatic heterocycles. The molecule has 2 N–H and O–H groups in total. The van der Waals surface area contributed by atoms with Crippen LogP contribution >= 0.6 is 0 Å². The van der Waals surface area contributed by atoms with E-state index in [4.69, 9.17) is 4.74 Å². The second-order valence-corrected chi connectivity index (χ2v) is 8.28. The van der Waals surface area contributed by atoms with Gasteiger partial charge in [0, 0.05) is 18.9 Å². The van der Waals surface area contributed by atoms with Crippen molar-refractivity contribution in [3.63, 3.8) is 0 Å². The Labute approximate surface area is 178 Å². The molecule has 0 saturated carbocycles. The fourth-order valence-electron chi connectivity index (χ4n) is 2.96. The molecule has 0 aliphatic rings. The zero-order chi connectivity index (χ0) is 22.0. The summed E-state index contributed by atoms with van der Waals surface area (Å²) in [5, 5.41) is 5.59. The third kappa shape index (κ3) is 7.70. The van der Waals surface area contributed by atoms with Crippen LogP contribution in [-0.2, 0) is 27.4 Å². The SMILES string of the molecule is CC(C)(C)[C@@H](CC=O)NC(=O)[C@H](Cc1ccccc1)NC(=O)OCc1ccccc1. The highest BCUT2D eigenvalue weighted by Gasteiger charge is 2.30. The number of carbonyl (C=O) groups excluding carboxylic acids is 3. The average Bonchev–Trinajstić information content (AvgIpc) is 2.72. The molecule has 0 aromatic heterocycles. The van der Waals surface area contributed by atoms with Crippen LogP contribution in [0.3, 0.4) is 0 Å². The Morgan fingerprint density at radius 2 is 1.50 bits per heavy atom. The Kier molecular flexibility index (Phi) is 8.59. The monoisotopic (exact) mass is 410 g/mol. The van der Waals surface area contributed by atoms with Crippen molar-refractivity contribution in [2.45, 2.75) is 52.3 Å². The maximum Gasteiger partial charge on any atom is 0.408 e. The Balaban J connectivity index is 2.07. The van der Waals surface area contributed by atoms with Gasteiger partial charge in [0.1, 0.15) is 18.9 Å². The normalized spacial score (nSPS) is 13.0. The molecule has 6 heteroatoms. The molecule has 0 bridgehead atoms. The molecule has 0 fully saturated rings. The van der Waals surface area contributed by atoms with Crippen LogP contribution in [0.5, 0.6) is 0 Å². The minimum absolute atomic E-state index is 0.113. The van der Waals surface area contributed by atoms with E-state index in [1.54, 1.807) is 0 Å². The van der Waals surface area contributed by atoms with Gasteiger partial charge in [0.15, 0.2) is 0 Å². The molecule has 0 aliphatic carbocycles. The first kappa shape index (κ1) is 23.1. The molecule has 2 amide bonds. The molecule has 0 radical (unpaired) electrons. The van der Waals surface area contributed by atoms with Crippen molar-refractivity contribution in [1.82, 2.24) is 10.6 Å². The number of nitrogens with one attached hydrogen (secondary N) is 2. The number of hydrogen-bond donors (Lipinski definition) is 2. The topological polar surface area (TPSA) is 84.5 Å². The predicted molar refractivity (Wildman–Crippen MR) is 116 cm³/mol. The molecule has 0 unspecified atom stereocenters. The number of carbonyl (C=O) groups is 3. The van der Waals surface area contributed by atoms with Gasteiger partial charge in [-0.1, -0.05) is 81.4 Å². The van der Waals surface area contributed by atoms with E-state index in [0.717, 1.165) is 17.4 Å². The molecular formula is C24H30N2O4. The van der Waals surface area contributed by atoms with Gasteiger partial charge in [-0.2, -0.15) is 0 Å². The summed E-state index contributed by atoms with van der Waals surface area (Å²) in [6.07, 6.45) is 0.637. The lowest BCUT2D eigenvalue weighted by molar-refractivity contribution is -0.124. The van der Waals surface area contributed by atoms with Crippen molar-refractivity contribution < 1.29 is 19.1 Å². The summed E-state index contributed by atoms with van der Waals surface area (Å²) in [6, 6.07) is 17.6. The van der Waals surface area contributed by atoms with Gasteiger partial charge in [-0.3, -0.25) is 4.79 Å². The number of amides is 2. The number of benzene rings is 2. The number of alkyl carbamates (subject to hydrolysis) is 1. The molecule has 6 nitrogen and oxygen atoms in total. The lowest BCUT2D eigenvalue weighted by atomic mass is 9.85. The van der Waals surface area contributed by atoms with Crippen molar-refractivity contribution in [3.8, 4) is 0 Å². The largest absolute Gasteiger partial charge is 0.445 e. The van der Waals surface area contributed by atoms with E-state index in [0.29, 0.717) is 6.42 Å². The minimum atomic E-state index is -0.827. The van der Waals surface area contributed by atoms with Gasteiger partial charge in [0.2, 0.25) is 5.91 Å². The zero-order valence-corrected chi connectivity index (χ0v) is 17.8. The van der Waals surface area contributed by atoms with Crippen LogP contribution < -0.4 is 10.6 Å². The second-order valence-electron chi connectivity index (χ2n) is 8.28. The number of rotatable bonds is 9. The smallest absolute Gasteiger partial charge is 0.408 e. The minimum Gasteiger partial charge on any atom is -0.445 e. The zero-order valence-electron chi connectivity index (χ0n) is 17.8. The van der Waals surface area contributed by atoms with E-state index in [1.807, 2.05) is 81.4 Å². The van der Waals surface area contributed by atoms with Crippen LogP contribution in [0, 0.1) is 5.41 Å². The lowest BCUT2D eigenvalue weighted by Crippen LogP contribution is -2.53. The Morgan fingerprint density at radius 3 is 2.03 bits per heavy atom. The average molecular weight is 411 g/mol. The molecule has 2 rings (SSSR count). The molecule has 2 atom stereocenters. The summed E-state index contributed by atoms with van der Waals surface area (Å²) in [7, 11) is 0. The Morgan fingerprint density at radius 1 is 0.933 bits per heavy atom. The fraction of sp³-hybridized carbons (Fsp3) is 0.375. The van der Waals surface area contributed by atoms with Crippen LogP contribution in [0.2, 0.25) is 0 Å². The molecule has 160 valence electrons. The van der Waals surface area contributed by atoms with E-state index in [-0.39, 0.29) is 30.4 Å². The molecule has 30 heavy (non-hydrogen) atoms. The third-order valence-corrected chi connectivity index (χ3v) is 4.80. The van der Waals surface area contributed by atoms with Gasteiger partial charge in [0.05, 0.1) is 0 Å². The summed E-state index contributed by atoms with van der Waals surface area (Å²) in [5.74, 6) is -0.350. The lowest BCUT2D eigenvalue weighted by Gasteiger charge is -2.31.